The van der Waals surface area contributed by atoms with Crippen molar-refractivity contribution in [2.24, 2.45) is 0 Å². The summed E-state index contributed by atoms with van der Waals surface area (Å²) in [5.41, 5.74) is -2.17. The molecule has 0 N–H and O–H groups in total. The first-order valence-corrected chi connectivity index (χ1v) is 11.2. The van der Waals surface area contributed by atoms with Crippen molar-refractivity contribution in [3.63, 3.8) is 0 Å². The molecule has 0 bridgehead atoms. The van der Waals surface area contributed by atoms with Gasteiger partial charge < -0.3 is 9.05 Å². The number of hydrogen-bond donors (Lipinski definition) is 0. The van der Waals surface area contributed by atoms with E-state index in [1.807, 2.05) is 0 Å². The van der Waals surface area contributed by atoms with Gasteiger partial charge in [-0.2, -0.15) is 13.2 Å². The lowest BCUT2D eigenvalue weighted by molar-refractivity contribution is -0.137. The molecule has 0 aliphatic carbocycles. The van der Waals surface area contributed by atoms with Crippen LogP contribution in [0.1, 0.15) is 23.7 Å². The fourth-order valence-corrected chi connectivity index (χ4v) is 5.18. The van der Waals surface area contributed by atoms with Crippen LogP contribution in [0.5, 0.6) is 11.5 Å². The van der Waals surface area contributed by atoms with Crippen molar-refractivity contribution >= 4 is 13.4 Å². The summed E-state index contributed by atoms with van der Waals surface area (Å²) in [6, 6.07) is 20.3. The molecule has 3 aromatic rings. The number of alkyl halides is 3. The zero-order valence-electron chi connectivity index (χ0n) is 17.1. The van der Waals surface area contributed by atoms with Crippen LogP contribution in [-0.2, 0) is 15.5 Å². The van der Waals surface area contributed by atoms with Gasteiger partial charge in [0.2, 0.25) is 0 Å². The second-order valence-corrected chi connectivity index (χ2v) is 8.91. The predicted octanol–water partition coefficient (Wildman–Crippen LogP) is 7.24. The molecular weight excluding hydrogens is 440 g/mol. The van der Waals surface area contributed by atoms with Gasteiger partial charge in [-0.15, -0.1) is 0 Å². The highest BCUT2D eigenvalue weighted by molar-refractivity contribution is 7.55. The number of Topliss-reactive ketones (excluding diaryl/α,β-unsaturated/α-hetero) is 1. The zero-order chi connectivity index (χ0) is 23.4. The van der Waals surface area contributed by atoms with Gasteiger partial charge in [0.05, 0.1) is 5.56 Å². The van der Waals surface area contributed by atoms with Crippen molar-refractivity contribution in [2.75, 3.05) is 0 Å². The van der Waals surface area contributed by atoms with E-state index < -0.39 is 30.8 Å². The number of allylic oxidation sites excluding steroid dienone is 1. The first kappa shape index (κ1) is 23.4. The lowest BCUT2D eigenvalue weighted by Crippen LogP contribution is -2.16. The van der Waals surface area contributed by atoms with E-state index in [9.17, 15) is 22.5 Å². The maximum Gasteiger partial charge on any atom is 0.442 e. The lowest BCUT2D eigenvalue weighted by Gasteiger charge is -2.28. The summed E-state index contributed by atoms with van der Waals surface area (Å²) in [5, 5.41) is 0. The van der Waals surface area contributed by atoms with Gasteiger partial charge in [-0.3, -0.25) is 4.79 Å². The average molecular weight is 460 g/mol. The van der Waals surface area contributed by atoms with Crippen LogP contribution in [0.2, 0.25) is 0 Å². The molecule has 32 heavy (non-hydrogen) atoms. The standard InChI is InChI=1S/C24H20F3O4P/c1-17(18(2)28)23(19-13-15-20(16-14-19)24(25,26)27)32(29,30-21-9-5-3-6-10-21)31-22-11-7-4-8-12-22/h3-16,23H,1H2,2H3. The van der Waals surface area contributed by atoms with E-state index in [2.05, 4.69) is 6.58 Å². The quantitative estimate of drug-likeness (QED) is 0.263. The van der Waals surface area contributed by atoms with E-state index in [4.69, 9.17) is 9.05 Å². The molecule has 0 spiro atoms. The largest absolute Gasteiger partial charge is 0.442 e. The Morgan fingerprint density at radius 1 is 0.844 bits per heavy atom. The smallest absolute Gasteiger partial charge is 0.415 e. The van der Waals surface area contributed by atoms with Gasteiger partial charge in [-0.25, -0.2) is 4.57 Å². The molecule has 3 rings (SSSR count). The predicted molar refractivity (Wildman–Crippen MR) is 116 cm³/mol. The monoisotopic (exact) mass is 460 g/mol. The number of halogens is 3. The summed E-state index contributed by atoms with van der Waals surface area (Å²) in [4.78, 5) is 12.2. The van der Waals surface area contributed by atoms with Crippen molar-refractivity contribution in [2.45, 2.75) is 18.8 Å². The van der Waals surface area contributed by atoms with Gasteiger partial charge in [0.15, 0.2) is 5.78 Å². The lowest BCUT2D eigenvalue weighted by atomic mass is 10.0. The van der Waals surface area contributed by atoms with E-state index in [0.717, 1.165) is 24.3 Å². The third kappa shape index (κ3) is 5.48. The normalized spacial score (nSPS) is 12.6. The Morgan fingerprint density at radius 2 is 1.28 bits per heavy atom. The second kappa shape index (κ2) is 9.45. The van der Waals surface area contributed by atoms with E-state index in [-0.39, 0.29) is 22.6 Å². The minimum absolute atomic E-state index is 0.111. The fourth-order valence-electron chi connectivity index (χ4n) is 3.00. The highest BCUT2D eigenvalue weighted by Gasteiger charge is 2.44. The second-order valence-electron chi connectivity index (χ2n) is 6.95. The molecule has 0 saturated carbocycles. The van der Waals surface area contributed by atoms with E-state index in [0.29, 0.717) is 0 Å². The van der Waals surface area contributed by atoms with Gasteiger partial charge in [0, 0.05) is 5.57 Å². The number of carbonyl (C=O) groups is 1. The number of ketones is 1. The SMILES string of the molecule is C=C(C(C)=O)C(c1ccc(C(F)(F)F)cc1)P(=O)(Oc1ccccc1)Oc1ccccc1. The van der Waals surface area contributed by atoms with Crippen molar-refractivity contribution in [1.29, 1.82) is 0 Å². The molecule has 0 saturated heterocycles. The summed E-state index contributed by atoms with van der Waals surface area (Å²) in [5.74, 6) is -0.0801. The summed E-state index contributed by atoms with van der Waals surface area (Å²) in [7, 11) is -4.26. The van der Waals surface area contributed by atoms with Crippen LogP contribution in [0.25, 0.3) is 0 Å². The summed E-state index contributed by atoms with van der Waals surface area (Å²) in [6.07, 6.45) is -4.55. The Hall–Kier alpha value is -3.31. The Kier molecular flexibility index (Phi) is 6.90. The summed E-state index contributed by atoms with van der Waals surface area (Å²) < 4.78 is 64.9. The summed E-state index contributed by atoms with van der Waals surface area (Å²) >= 11 is 0. The molecule has 0 amide bonds. The van der Waals surface area contributed by atoms with Crippen LogP contribution in [0.4, 0.5) is 13.2 Å². The van der Waals surface area contributed by atoms with E-state index in [1.165, 1.54) is 6.92 Å². The van der Waals surface area contributed by atoms with Gasteiger partial charge in [0.1, 0.15) is 17.2 Å². The maximum atomic E-state index is 14.2. The molecule has 0 aliphatic heterocycles. The number of carbonyl (C=O) groups excluding carboxylic acids is 1. The van der Waals surface area contributed by atoms with Gasteiger partial charge in [0.25, 0.3) is 0 Å². The van der Waals surface area contributed by atoms with Gasteiger partial charge >= 0.3 is 13.8 Å². The molecule has 4 nitrogen and oxygen atoms in total. The molecule has 0 aromatic heterocycles. The Labute approximate surface area is 183 Å². The van der Waals surface area contributed by atoms with Crippen LogP contribution in [-0.4, -0.2) is 5.78 Å². The third-order valence-corrected chi connectivity index (χ3v) is 6.78. The zero-order valence-corrected chi connectivity index (χ0v) is 18.0. The van der Waals surface area contributed by atoms with Gasteiger partial charge in [-0.1, -0.05) is 55.1 Å². The highest BCUT2D eigenvalue weighted by atomic mass is 31.2. The third-order valence-electron chi connectivity index (χ3n) is 4.60. The summed E-state index contributed by atoms with van der Waals surface area (Å²) in [6.45, 7) is 4.98. The molecular formula is C24H20F3O4P. The van der Waals surface area contributed by atoms with Crippen molar-refractivity contribution in [3.8, 4) is 11.5 Å². The number of rotatable bonds is 8. The Morgan fingerprint density at radius 3 is 1.66 bits per heavy atom. The molecule has 8 heteroatoms. The number of benzene rings is 3. The fraction of sp³-hybridized carbons (Fsp3) is 0.125. The van der Waals surface area contributed by atoms with E-state index in [1.54, 1.807) is 60.7 Å². The molecule has 0 radical (unpaired) electrons. The molecule has 3 aromatic carbocycles. The first-order valence-electron chi connectivity index (χ1n) is 9.56. The maximum absolute atomic E-state index is 14.2. The minimum atomic E-state index is -4.55. The van der Waals surface area contributed by atoms with Crippen LogP contribution in [0.15, 0.2) is 97.1 Å². The molecule has 166 valence electrons. The van der Waals surface area contributed by atoms with Crippen LogP contribution in [0, 0.1) is 0 Å². The Balaban J connectivity index is 2.13. The molecule has 0 heterocycles. The molecule has 1 unspecified atom stereocenters. The highest BCUT2D eigenvalue weighted by Crippen LogP contribution is 2.62. The van der Waals surface area contributed by atoms with Crippen molar-refractivity contribution < 1.29 is 31.6 Å². The first-order chi connectivity index (χ1) is 15.1. The average Bonchev–Trinajstić information content (AvgIpc) is 2.74. The van der Waals surface area contributed by atoms with Crippen LogP contribution < -0.4 is 9.05 Å². The van der Waals surface area contributed by atoms with Crippen LogP contribution >= 0.6 is 7.60 Å². The van der Waals surface area contributed by atoms with Crippen LogP contribution in [0.3, 0.4) is 0 Å². The topological polar surface area (TPSA) is 52.6 Å². The van der Waals surface area contributed by atoms with Crippen molar-refractivity contribution in [3.05, 3.63) is 108 Å². The molecule has 0 aliphatic rings. The van der Waals surface area contributed by atoms with Gasteiger partial charge in [-0.05, 0) is 48.9 Å². The molecule has 0 fully saturated rings. The number of hydrogen-bond acceptors (Lipinski definition) is 4. The minimum Gasteiger partial charge on any atom is -0.415 e. The van der Waals surface area contributed by atoms with Crippen molar-refractivity contribution in [1.82, 2.24) is 0 Å². The molecule has 1 atom stereocenters. The Bertz CT molecular complexity index is 1080. The number of para-hydroxylation sites is 2. The van der Waals surface area contributed by atoms with E-state index >= 15 is 0 Å².